The molecule has 0 unspecified atom stereocenters. The van der Waals surface area contributed by atoms with Gasteiger partial charge in [0.05, 0.1) is 16.7 Å². The smallest absolute Gasteiger partial charge is 0.260 e. The maximum Gasteiger partial charge on any atom is 0.260 e. The van der Waals surface area contributed by atoms with Gasteiger partial charge in [-0.2, -0.15) is 0 Å². The van der Waals surface area contributed by atoms with Crippen LogP contribution in [-0.2, 0) is 6.42 Å². The topological polar surface area (TPSA) is 23.4 Å². The van der Waals surface area contributed by atoms with Crippen LogP contribution in [-0.4, -0.2) is 11.3 Å². The molecule has 3 heterocycles. The van der Waals surface area contributed by atoms with Crippen molar-refractivity contribution >= 4 is 44.9 Å². The molecule has 0 spiro atoms. The van der Waals surface area contributed by atoms with Crippen molar-refractivity contribution in [2.45, 2.75) is 6.42 Å². The number of fused-ring (bicyclic) bond motifs is 10. The van der Waals surface area contributed by atoms with E-state index in [1.54, 1.807) is 0 Å². The third kappa shape index (κ3) is 4.12. The van der Waals surface area contributed by atoms with Gasteiger partial charge in [0.2, 0.25) is 0 Å². The Bertz CT molecular complexity index is 2890. The predicted octanol–water partition coefficient (Wildman–Crippen LogP) is 10.4. The van der Waals surface area contributed by atoms with Crippen LogP contribution in [0.5, 0.6) is 23.0 Å². The van der Waals surface area contributed by atoms with Crippen LogP contribution < -0.4 is 25.9 Å². The van der Waals surface area contributed by atoms with Gasteiger partial charge in [-0.05, 0) is 104 Å². The SMILES string of the molecule is c1cc(-c2cc3c4c(c2)Oc2ccccc2B4c2ccccc2O3)cc(-c2cccc3c2Cc2c-3cccc2-n2c3ccccc3c3ccccc32)c1. The number of ether oxygens (including phenoxy) is 2. The molecule has 3 nitrogen and oxygen atoms in total. The van der Waals surface area contributed by atoms with Crippen molar-refractivity contribution in [3.63, 3.8) is 0 Å². The minimum absolute atomic E-state index is 0.0660. The van der Waals surface area contributed by atoms with E-state index in [1.807, 2.05) is 12.1 Å². The van der Waals surface area contributed by atoms with Crippen LogP contribution in [0.2, 0.25) is 0 Å². The van der Waals surface area contributed by atoms with Gasteiger partial charge < -0.3 is 14.0 Å². The first-order valence-corrected chi connectivity index (χ1v) is 18.3. The third-order valence-electron chi connectivity index (χ3n) is 11.6. The maximum atomic E-state index is 6.63. The number of nitrogens with zero attached hydrogens (tertiary/aromatic N) is 1. The summed E-state index contributed by atoms with van der Waals surface area (Å²) in [6, 6.07) is 61.2. The first-order chi connectivity index (χ1) is 26.3. The Morgan fingerprint density at radius 3 is 1.66 bits per heavy atom. The summed E-state index contributed by atoms with van der Waals surface area (Å²) in [6.45, 7) is 0.0660. The summed E-state index contributed by atoms with van der Waals surface area (Å²) in [5.74, 6) is 3.51. The third-order valence-corrected chi connectivity index (χ3v) is 11.6. The monoisotopic (exact) mass is 675 g/mol. The van der Waals surface area contributed by atoms with Gasteiger partial charge in [0.1, 0.15) is 23.0 Å². The van der Waals surface area contributed by atoms with Crippen LogP contribution in [0, 0.1) is 0 Å². The molecule has 1 aromatic heterocycles. The molecule has 12 rings (SSSR count). The number of para-hydroxylation sites is 4. The van der Waals surface area contributed by atoms with Crippen LogP contribution in [0.25, 0.3) is 60.9 Å². The largest absolute Gasteiger partial charge is 0.458 e. The molecule has 8 aromatic carbocycles. The molecule has 1 aliphatic carbocycles. The van der Waals surface area contributed by atoms with Gasteiger partial charge in [0.15, 0.2) is 0 Å². The first-order valence-electron chi connectivity index (χ1n) is 18.3. The average molecular weight is 676 g/mol. The van der Waals surface area contributed by atoms with Crippen molar-refractivity contribution in [3.8, 4) is 62.1 Å². The van der Waals surface area contributed by atoms with Crippen LogP contribution in [0.1, 0.15) is 11.1 Å². The van der Waals surface area contributed by atoms with Gasteiger partial charge in [-0.15, -0.1) is 0 Å². The first kappa shape index (κ1) is 28.9. The Balaban J connectivity index is 0.970. The lowest BCUT2D eigenvalue weighted by molar-refractivity contribution is 0.465. The quantitative estimate of drug-likeness (QED) is 0.174. The molecule has 4 heteroatoms. The van der Waals surface area contributed by atoms with E-state index in [0.717, 1.165) is 46.0 Å². The summed E-state index contributed by atoms with van der Waals surface area (Å²) in [4.78, 5) is 0. The Labute approximate surface area is 307 Å². The van der Waals surface area contributed by atoms with Crippen molar-refractivity contribution in [1.29, 1.82) is 0 Å². The van der Waals surface area contributed by atoms with Gasteiger partial charge in [0.25, 0.3) is 6.71 Å². The van der Waals surface area contributed by atoms with E-state index in [1.165, 1.54) is 71.8 Å². The van der Waals surface area contributed by atoms with Crippen molar-refractivity contribution in [1.82, 2.24) is 4.57 Å². The highest BCUT2D eigenvalue weighted by atomic mass is 16.5. The van der Waals surface area contributed by atoms with Gasteiger partial charge >= 0.3 is 0 Å². The maximum absolute atomic E-state index is 6.63. The van der Waals surface area contributed by atoms with Gasteiger partial charge in [-0.25, -0.2) is 0 Å². The number of hydrogen-bond donors (Lipinski definition) is 0. The second-order valence-electron chi connectivity index (χ2n) is 14.4. The summed E-state index contributed by atoms with van der Waals surface area (Å²) >= 11 is 0. The molecular formula is C49H30BNO2. The molecule has 9 aromatic rings. The summed E-state index contributed by atoms with van der Waals surface area (Å²) < 4.78 is 15.7. The molecule has 0 bridgehead atoms. The highest BCUT2D eigenvalue weighted by Gasteiger charge is 2.40. The summed E-state index contributed by atoms with van der Waals surface area (Å²) in [6.07, 6.45) is 0.868. The molecule has 0 radical (unpaired) electrons. The Morgan fingerprint density at radius 1 is 0.415 bits per heavy atom. The van der Waals surface area contributed by atoms with Crippen molar-refractivity contribution < 1.29 is 9.47 Å². The fraction of sp³-hybridized carbons (Fsp3) is 0.0204. The molecular weight excluding hydrogens is 645 g/mol. The summed E-state index contributed by atoms with van der Waals surface area (Å²) in [5.41, 5.74) is 17.2. The fourth-order valence-corrected chi connectivity index (χ4v) is 9.31. The van der Waals surface area contributed by atoms with Crippen molar-refractivity contribution in [2.24, 2.45) is 0 Å². The Hall–Kier alpha value is -6.78. The Morgan fingerprint density at radius 2 is 0.962 bits per heavy atom. The van der Waals surface area contributed by atoms with E-state index in [4.69, 9.17) is 9.47 Å². The minimum Gasteiger partial charge on any atom is -0.458 e. The average Bonchev–Trinajstić information content (AvgIpc) is 3.77. The van der Waals surface area contributed by atoms with Crippen LogP contribution in [0.4, 0.5) is 0 Å². The second-order valence-corrected chi connectivity index (χ2v) is 14.4. The van der Waals surface area contributed by atoms with E-state index >= 15 is 0 Å². The van der Waals surface area contributed by atoms with Crippen LogP contribution in [0.15, 0.2) is 170 Å². The molecule has 0 amide bonds. The zero-order chi connectivity index (χ0) is 34.6. The van der Waals surface area contributed by atoms with Gasteiger partial charge in [0, 0.05) is 22.7 Å². The number of benzene rings is 8. The lowest BCUT2D eigenvalue weighted by Gasteiger charge is -2.33. The number of aromatic nitrogens is 1. The minimum atomic E-state index is 0.0660. The predicted molar refractivity (Wildman–Crippen MR) is 218 cm³/mol. The highest BCUT2D eigenvalue weighted by molar-refractivity contribution is 6.98. The van der Waals surface area contributed by atoms with Crippen LogP contribution >= 0.6 is 0 Å². The van der Waals surface area contributed by atoms with Gasteiger partial charge in [-0.3, -0.25) is 0 Å². The molecule has 2 aliphatic heterocycles. The lowest BCUT2D eigenvalue weighted by Crippen LogP contribution is -2.57. The molecule has 0 saturated heterocycles. The highest BCUT2D eigenvalue weighted by Crippen LogP contribution is 2.46. The zero-order valence-corrected chi connectivity index (χ0v) is 28.7. The zero-order valence-electron chi connectivity index (χ0n) is 28.7. The second kappa shape index (κ2) is 10.9. The van der Waals surface area contributed by atoms with E-state index < -0.39 is 0 Å². The van der Waals surface area contributed by atoms with E-state index in [-0.39, 0.29) is 6.71 Å². The van der Waals surface area contributed by atoms with Gasteiger partial charge in [-0.1, -0.05) is 121 Å². The van der Waals surface area contributed by atoms with E-state index in [2.05, 4.69) is 162 Å². The van der Waals surface area contributed by atoms with Crippen LogP contribution in [0.3, 0.4) is 0 Å². The normalized spacial score (nSPS) is 13.1. The number of hydrogen-bond acceptors (Lipinski definition) is 2. The van der Waals surface area contributed by atoms with Crippen molar-refractivity contribution in [2.75, 3.05) is 0 Å². The summed E-state index contributed by atoms with van der Waals surface area (Å²) in [5, 5.41) is 2.56. The molecule has 53 heavy (non-hydrogen) atoms. The molecule has 0 saturated carbocycles. The standard InChI is InChI=1S/C49H30BNO2/c1-5-21-42-36(14-1)37-15-2-6-22-43(37)51(42)44-23-11-18-35-34-17-10-16-33(38(34)29-39(35)44)31-13-9-12-30(26-31)32-27-47-49-48(28-32)53-46-25-8-4-20-41(46)50(49)40-19-3-7-24-45(40)52-47/h1-28H,29H2. The molecule has 0 fully saturated rings. The van der Waals surface area contributed by atoms with E-state index in [9.17, 15) is 0 Å². The number of rotatable bonds is 3. The molecule has 0 N–H and O–H groups in total. The Kier molecular flexibility index (Phi) is 5.92. The molecule has 3 aliphatic rings. The lowest BCUT2D eigenvalue weighted by atomic mass is 9.35. The summed E-state index contributed by atoms with van der Waals surface area (Å²) in [7, 11) is 0. The molecule has 246 valence electrons. The molecule has 0 atom stereocenters. The van der Waals surface area contributed by atoms with E-state index in [0.29, 0.717) is 0 Å². The fourth-order valence-electron chi connectivity index (χ4n) is 9.31. The van der Waals surface area contributed by atoms with Crippen molar-refractivity contribution in [3.05, 3.63) is 181 Å².